The van der Waals surface area contributed by atoms with E-state index in [0.29, 0.717) is 10.9 Å². The zero-order valence-corrected chi connectivity index (χ0v) is 17.1. The van der Waals surface area contributed by atoms with E-state index in [1.807, 2.05) is 57.2 Å². The van der Waals surface area contributed by atoms with Crippen molar-refractivity contribution in [3.05, 3.63) is 80.5 Å². The number of nitrogens with zero attached hydrogens (tertiary/aromatic N) is 2. The molecule has 0 amide bonds. The van der Waals surface area contributed by atoms with Crippen LogP contribution in [-0.2, 0) is 5.54 Å². The molecule has 4 nitrogen and oxygen atoms in total. The number of aryl methyl sites for hydroxylation is 1. The number of rotatable bonds is 2. The average Bonchev–Trinajstić information content (AvgIpc) is 2.49. The minimum Gasteiger partial charge on any atom is -0.400 e. The van der Waals surface area contributed by atoms with Gasteiger partial charge < -0.3 is 9.55 Å². The van der Waals surface area contributed by atoms with Crippen LogP contribution in [0, 0.1) is 48.2 Å². The van der Waals surface area contributed by atoms with E-state index in [0.717, 1.165) is 11.1 Å². The van der Waals surface area contributed by atoms with Crippen molar-refractivity contribution in [3.63, 3.8) is 0 Å². The van der Waals surface area contributed by atoms with Crippen molar-refractivity contribution in [2.24, 2.45) is 0 Å². The second-order valence-electron chi connectivity index (χ2n) is 5.98. The van der Waals surface area contributed by atoms with E-state index >= 15 is 0 Å². The molecular formula is C18H17N2O2Pr-. The second-order valence-corrected chi connectivity index (χ2v) is 5.98. The maximum Gasteiger partial charge on any atom is 0.182 e. The van der Waals surface area contributed by atoms with Crippen LogP contribution in [0.5, 0.6) is 0 Å². The first kappa shape index (κ1) is 18.1. The molecule has 0 fully saturated rings. The SMILES string of the molecule is Cc1ccc2[n-]c(=O)n(C(C)(C)c3ccccc3)c(=O)c2c1.[Pr]. The molecule has 0 bridgehead atoms. The van der Waals surface area contributed by atoms with Crippen molar-refractivity contribution in [1.29, 1.82) is 0 Å². The zero-order chi connectivity index (χ0) is 15.9. The van der Waals surface area contributed by atoms with Crippen molar-refractivity contribution in [2.75, 3.05) is 0 Å². The van der Waals surface area contributed by atoms with Crippen LogP contribution in [0.4, 0.5) is 0 Å². The standard InChI is InChI=1S/C18H18N2O2.Pr/c1-12-9-10-15-14(11-12)16(21)20(17(22)19-15)18(2,3)13-7-5-4-6-8-13;/h4-11H,1-3H3,(H,19,21,22);/p-1. The topological polar surface area (TPSA) is 53.2 Å². The third-order valence-electron chi connectivity index (χ3n) is 4.03. The summed E-state index contributed by atoms with van der Waals surface area (Å²) in [7, 11) is 0. The van der Waals surface area contributed by atoms with Crippen molar-refractivity contribution in [2.45, 2.75) is 26.3 Å². The molecule has 0 unspecified atom stereocenters. The fourth-order valence-corrected chi connectivity index (χ4v) is 2.75. The summed E-state index contributed by atoms with van der Waals surface area (Å²) >= 11 is 0. The molecule has 1 heterocycles. The first-order chi connectivity index (χ1) is 10.4. The van der Waals surface area contributed by atoms with Gasteiger partial charge in [-0.3, -0.25) is 9.59 Å². The molecule has 1 radical (unpaired) electrons. The quantitative estimate of drug-likeness (QED) is 0.623. The number of hydrogen-bond acceptors (Lipinski definition) is 2. The van der Waals surface area contributed by atoms with Gasteiger partial charge in [-0.05, 0) is 24.1 Å². The molecule has 115 valence electrons. The van der Waals surface area contributed by atoms with E-state index in [1.165, 1.54) is 4.57 Å². The number of aromatic nitrogens is 2. The largest absolute Gasteiger partial charge is 0.400 e. The van der Waals surface area contributed by atoms with Crippen LogP contribution >= 0.6 is 0 Å². The fourth-order valence-electron chi connectivity index (χ4n) is 2.75. The summed E-state index contributed by atoms with van der Waals surface area (Å²) in [6.45, 7) is 5.62. The molecule has 5 heteroatoms. The Hall–Kier alpha value is -1.26. The van der Waals surface area contributed by atoms with Crippen LogP contribution < -0.4 is 16.2 Å². The summed E-state index contributed by atoms with van der Waals surface area (Å²) < 4.78 is 1.24. The maximum atomic E-state index is 12.8. The molecule has 0 saturated heterocycles. The van der Waals surface area contributed by atoms with Crippen LogP contribution in [0.2, 0.25) is 0 Å². The summed E-state index contributed by atoms with van der Waals surface area (Å²) in [5.41, 5.74) is 0.723. The van der Waals surface area contributed by atoms with Crippen molar-refractivity contribution in [1.82, 2.24) is 9.55 Å². The van der Waals surface area contributed by atoms with Gasteiger partial charge in [-0.25, -0.2) is 0 Å². The molecule has 0 saturated carbocycles. The Morgan fingerprint density at radius 3 is 2.30 bits per heavy atom. The molecule has 0 aliphatic carbocycles. The first-order valence-electron chi connectivity index (χ1n) is 7.17. The fraction of sp³-hybridized carbons (Fsp3) is 0.222. The normalized spacial score (nSPS) is 11.3. The zero-order valence-electron chi connectivity index (χ0n) is 13.4. The molecular weight excluding hydrogens is 417 g/mol. The summed E-state index contributed by atoms with van der Waals surface area (Å²) in [6.07, 6.45) is 0. The van der Waals surface area contributed by atoms with E-state index in [9.17, 15) is 9.59 Å². The first-order valence-corrected chi connectivity index (χ1v) is 7.17. The third-order valence-corrected chi connectivity index (χ3v) is 4.03. The van der Waals surface area contributed by atoms with Crippen molar-refractivity contribution in [3.8, 4) is 0 Å². The smallest absolute Gasteiger partial charge is 0.182 e. The van der Waals surface area contributed by atoms with E-state index < -0.39 is 11.2 Å². The van der Waals surface area contributed by atoms with Gasteiger partial charge in [0, 0.05) is 52.2 Å². The van der Waals surface area contributed by atoms with Gasteiger partial charge in [-0.15, -0.1) is 0 Å². The van der Waals surface area contributed by atoms with Gasteiger partial charge in [-0.1, -0.05) is 61.9 Å². The van der Waals surface area contributed by atoms with E-state index in [2.05, 4.69) is 4.98 Å². The second kappa shape index (κ2) is 6.70. The molecule has 3 rings (SSSR count). The number of benzene rings is 2. The molecule has 0 aliphatic heterocycles. The minimum atomic E-state index is -0.764. The van der Waals surface area contributed by atoms with Crippen LogP contribution in [0.25, 0.3) is 10.9 Å². The Balaban J connectivity index is 0.00000192. The van der Waals surface area contributed by atoms with Gasteiger partial charge in [0.25, 0.3) is 0 Å². The van der Waals surface area contributed by atoms with Gasteiger partial charge in [0.1, 0.15) is 0 Å². The predicted molar refractivity (Wildman–Crippen MR) is 87.4 cm³/mol. The maximum absolute atomic E-state index is 12.8. The Morgan fingerprint density at radius 2 is 1.65 bits per heavy atom. The molecule has 2 aromatic carbocycles. The predicted octanol–water partition coefficient (Wildman–Crippen LogP) is 2.41. The Morgan fingerprint density at radius 1 is 1.00 bits per heavy atom. The van der Waals surface area contributed by atoms with E-state index in [4.69, 9.17) is 0 Å². The van der Waals surface area contributed by atoms with Crippen LogP contribution in [0.15, 0.2) is 58.1 Å². The van der Waals surface area contributed by atoms with Gasteiger partial charge in [0.05, 0.1) is 0 Å². The van der Waals surface area contributed by atoms with Gasteiger partial charge in [-0.2, -0.15) is 0 Å². The minimum absolute atomic E-state index is 0. The molecule has 0 N–H and O–H groups in total. The average molecular weight is 434 g/mol. The monoisotopic (exact) mass is 434 g/mol. The molecule has 0 atom stereocenters. The van der Waals surface area contributed by atoms with Gasteiger partial charge >= 0.3 is 0 Å². The molecule has 3 aromatic rings. The summed E-state index contributed by atoms with van der Waals surface area (Å²) in [5, 5.41) is 0.476. The van der Waals surface area contributed by atoms with E-state index in [-0.39, 0.29) is 46.9 Å². The molecule has 0 aliphatic rings. The van der Waals surface area contributed by atoms with Crippen LogP contribution in [0.1, 0.15) is 25.0 Å². The third kappa shape index (κ3) is 3.20. The summed E-state index contributed by atoms with van der Waals surface area (Å²) in [4.78, 5) is 29.3. The molecule has 1 aromatic heterocycles. The van der Waals surface area contributed by atoms with Gasteiger partial charge in [0.2, 0.25) is 0 Å². The number of hydrogen-bond donors (Lipinski definition) is 0. The van der Waals surface area contributed by atoms with Crippen molar-refractivity contribution >= 4 is 10.9 Å². The summed E-state index contributed by atoms with van der Waals surface area (Å²) in [5.74, 6) is 0. The number of fused-ring (bicyclic) bond motifs is 1. The Kier molecular flexibility index (Phi) is 5.27. The Labute approximate surface area is 167 Å². The summed E-state index contributed by atoms with van der Waals surface area (Å²) in [6, 6.07) is 14.9. The molecule has 23 heavy (non-hydrogen) atoms. The molecule has 0 spiro atoms. The van der Waals surface area contributed by atoms with Gasteiger partial charge in [0.15, 0.2) is 11.2 Å². The van der Waals surface area contributed by atoms with Crippen molar-refractivity contribution < 1.29 is 41.3 Å². The van der Waals surface area contributed by atoms with Crippen LogP contribution in [-0.4, -0.2) is 4.57 Å². The van der Waals surface area contributed by atoms with Crippen LogP contribution in [0.3, 0.4) is 0 Å². The van der Waals surface area contributed by atoms with E-state index in [1.54, 1.807) is 12.1 Å². The Bertz CT molecular complexity index is 956.